The number of aliphatic carboxylic acids is 1. The third-order valence-corrected chi connectivity index (χ3v) is 4.65. The van der Waals surface area contributed by atoms with E-state index in [0.717, 1.165) is 18.4 Å². The van der Waals surface area contributed by atoms with Crippen LogP contribution in [0.15, 0.2) is 18.2 Å². The van der Waals surface area contributed by atoms with Crippen molar-refractivity contribution in [2.75, 3.05) is 13.1 Å². The average Bonchev–Trinajstić information content (AvgIpc) is 2.55. The Balaban J connectivity index is 1.94. The van der Waals surface area contributed by atoms with Gasteiger partial charge in [0.05, 0.1) is 5.02 Å². The van der Waals surface area contributed by atoms with Gasteiger partial charge in [-0.1, -0.05) is 17.7 Å². The maximum Gasteiger partial charge on any atom is 0.303 e. The first-order chi connectivity index (χ1) is 11.4. The second-order valence-corrected chi connectivity index (χ2v) is 6.83. The summed E-state index contributed by atoms with van der Waals surface area (Å²) >= 11 is 6.12. The summed E-state index contributed by atoms with van der Waals surface area (Å²) in [6, 6.07) is 5.46. The van der Waals surface area contributed by atoms with Crippen LogP contribution in [-0.4, -0.2) is 41.1 Å². The summed E-state index contributed by atoms with van der Waals surface area (Å²) in [5, 5.41) is 9.29. The molecule has 0 bridgehead atoms. The number of rotatable bonds is 6. The van der Waals surface area contributed by atoms with Crippen LogP contribution in [0.1, 0.15) is 38.2 Å². The molecule has 0 spiro atoms. The van der Waals surface area contributed by atoms with Crippen molar-refractivity contribution >= 4 is 23.5 Å². The molecule has 1 aliphatic heterocycles. The van der Waals surface area contributed by atoms with Crippen molar-refractivity contribution in [3.8, 4) is 5.75 Å². The molecule has 1 aliphatic rings. The van der Waals surface area contributed by atoms with Crippen molar-refractivity contribution < 1.29 is 19.4 Å². The Labute approximate surface area is 147 Å². The molecule has 0 radical (unpaired) electrons. The molecule has 6 heteroatoms. The number of halogens is 1. The topological polar surface area (TPSA) is 66.8 Å². The third kappa shape index (κ3) is 5.13. The van der Waals surface area contributed by atoms with Gasteiger partial charge in [0, 0.05) is 19.5 Å². The van der Waals surface area contributed by atoms with Crippen LogP contribution in [0, 0.1) is 12.8 Å². The molecular formula is C18H24ClNO4. The number of hydrogen-bond acceptors (Lipinski definition) is 3. The maximum atomic E-state index is 12.6. The van der Waals surface area contributed by atoms with E-state index in [1.165, 1.54) is 0 Å². The normalized spacial score (nSPS) is 19.0. The lowest BCUT2D eigenvalue weighted by Gasteiger charge is -2.34. The molecule has 2 unspecified atom stereocenters. The smallest absolute Gasteiger partial charge is 0.303 e. The van der Waals surface area contributed by atoms with Crippen molar-refractivity contribution in [1.29, 1.82) is 0 Å². The second-order valence-electron chi connectivity index (χ2n) is 6.42. The van der Waals surface area contributed by atoms with Crippen LogP contribution in [0.3, 0.4) is 0 Å². The van der Waals surface area contributed by atoms with E-state index in [4.69, 9.17) is 21.4 Å². The molecule has 1 N–H and O–H groups in total. The number of carbonyl (C=O) groups excluding carboxylic acids is 1. The number of benzene rings is 1. The number of likely N-dealkylation sites (tertiary alicyclic amines) is 1. The van der Waals surface area contributed by atoms with Crippen LogP contribution in [-0.2, 0) is 9.59 Å². The van der Waals surface area contributed by atoms with Crippen molar-refractivity contribution in [3.63, 3.8) is 0 Å². The number of carbonyl (C=O) groups is 2. The minimum atomic E-state index is -0.788. The highest BCUT2D eigenvalue weighted by Crippen LogP contribution is 2.27. The van der Waals surface area contributed by atoms with Gasteiger partial charge in [-0.3, -0.25) is 9.59 Å². The van der Waals surface area contributed by atoms with E-state index in [1.54, 1.807) is 17.9 Å². The molecule has 1 fully saturated rings. The molecule has 132 valence electrons. The Morgan fingerprint density at radius 3 is 2.92 bits per heavy atom. The predicted molar refractivity (Wildman–Crippen MR) is 92.5 cm³/mol. The Morgan fingerprint density at radius 2 is 2.21 bits per heavy atom. The van der Waals surface area contributed by atoms with Crippen LogP contribution in [0.5, 0.6) is 5.75 Å². The largest absolute Gasteiger partial charge is 0.481 e. The van der Waals surface area contributed by atoms with Crippen LogP contribution >= 0.6 is 11.6 Å². The van der Waals surface area contributed by atoms with E-state index in [-0.39, 0.29) is 18.2 Å². The number of aryl methyl sites for hydroxylation is 1. The van der Waals surface area contributed by atoms with E-state index in [0.29, 0.717) is 30.3 Å². The number of amides is 1. The van der Waals surface area contributed by atoms with E-state index >= 15 is 0 Å². The lowest BCUT2D eigenvalue weighted by atomic mass is 9.93. The molecule has 2 atom stereocenters. The first kappa shape index (κ1) is 18.6. The van der Waals surface area contributed by atoms with Gasteiger partial charge in [0.15, 0.2) is 6.10 Å². The fourth-order valence-corrected chi connectivity index (χ4v) is 3.19. The third-order valence-electron chi connectivity index (χ3n) is 4.34. The fraction of sp³-hybridized carbons (Fsp3) is 0.556. The minimum Gasteiger partial charge on any atom is -0.481 e. The maximum absolute atomic E-state index is 12.6. The minimum absolute atomic E-state index is 0.0763. The zero-order chi connectivity index (χ0) is 17.7. The molecule has 1 aromatic rings. The molecule has 1 heterocycles. The van der Waals surface area contributed by atoms with Gasteiger partial charge in [-0.25, -0.2) is 0 Å². The Kier molecular flexibility index (Phi) is 6.49. The molecule has 1 amide bonds. The first-order valence-electron chi connectivity index (χ1n) is 8.30. The highest BCUT2D eigenvalue weighted by molar-refractivity contribution is 6.32. The zero-order valence-corrected chi connectivity index (χ0v) is 14.9. The molecule has 0 aliphatic carbocycles. The van der Waals surface area contributed by atoms with Gasteiger partial charge in [-0.2, -0.15) is 0 Å². The molecular weight excluding hydrogens is 330 g/mol. The van der Waals surface area contributed by atoms with Crippen LogP contribution < -0.4 is 4.74 Å². The van der Waals surface area contributed by atoms with Gasteiger partial charge >= 0.3 is 5.97 Å². The number of nitrogens with zero attached hydrogens (tertiary/aromatic N) is 1. The SMILES string of the molecule is Cc1ccc(Cl)c(OC(C)C(=O)N2CCCC(CCC(=O)O)C2)c1. The van der Waals surface area contributed by atoms with Gasteiger partial charge in [-0.05, 0) is 56.7 Å². The summed E-state index contributed by atoms with van der Waals surface area (Å²) in [6.07, 6.45) is 2.00. The molecule has 2 rings (SSSR count). The second kappa shape index (κ2) is 8.38. The summed E-state index contributed by atoms with van der Waals surface area (Å²) in [6.45, 7) is 4.95. The predicted octanol–water partition coefficient (Wildman–Crippen LogP) is 3.52. The number of carboxylic acid groups (broad SMARTS) is 1. The summed E-state index contributed by atoms with van der Waals surface area (Å²) < 4.78 is 5.76. The van der Waals surface area contributed by atoms with Crippen molar-refractivity contribution in [2.45, 2.75) is 45.6 Å². The fourth-order valence-electron chi connectivity index (χ4n) is 3.03. The van der Waals surface area contributed by atoms with Gasteiger partial charge in [0.2, 0.25) is 0 Å². The van der Waals surface area contributed by atoms with Gasteiger partial charge in [-0.15, -0.1) is 0 Å². The summed E-state index contributed by atoms with van der Waals surface area (Å²) in [7, 11) is 0. The average molecular weight is 354 g/mol. The van der Waals surface area contributed by atoms with Crippen molar-refractivity contribution in [1.82, 2.24) is 4.90 Å². The molecule has 5 nitrogen and oxygen atoms in total. The summed E-state index contributed by atoms with van der Waals surface area (Å²) in [5.41, 5.74) is 1.01. The van der Waals surface area contributed by atoms with Crippen LogP contribution in [0.25, 0.3) is 0 Å². The van der Waals surface area contributed by atoms with Crippen LogP contribution in [0.2, 0.25) is 5.02 Å². The van der Waals surface area contributed by atoms with Gasteiger partial charge < -0.3 is 14.7 Å². The van der Waals surface area contributed by atoms with E-state index < -0.39 is 12.1 Å². The molecule has 1 aromatic carbocycles. The van der Waals surface area contributed by atoms with Crippen molar-refractivity contribution in [3.05, 3.63) is 28.8 Å². The monoisotopic (exact) mass is 353 g/mol. The Bertz CT molecular complexity index is 605. The highest BCUT2D eigenvalue weighted by Gasteiger charge is 2.28. The first-order valence-corrected chi connectivity index (χ1v) is 8.68. The zero-order valence-electron chi connectivity index (χ0n) is 14.1. The highest BCUT2D eigenvalue weighted by atomic mass is 35.5. The van der Waals surface area contributed by atoms with E-state index in [9.17, 15) is 9.59 Å². The quantitative estimate of drug-likeness (QED) is 0.849. The van der Waals surface area contributed by atoms with Crippen LogP contribution in [0.4, 0.5) is 0 Å². The molecule has 0 aromatic heterocycles. The lowest BCUT2D eigenvalue weighted by molar-refractivity contribution is -0.140. The van der Waals surface area contributed by atoms with Gasteiger partial charge in [0.25, 0.3) is 5.91 Å². The van der Waals surface area contributed by atoms with Crippen molar-refractivity contribution in [2.24, 2.45) is 5.92 Å². The number of carboxylic acids is 1. The summed E-state index contributed by atoms with van der Waals surface area (Å²) in [5.74, 6) is -0.109. The number of hydrogen-bond donors (Lipinski definition) is 1. The number of ether oxygens (including phenoxy) is 1. The van der Waals surface area contributed by atoms with E-state index in [2.05, 4.69) is 0 Å². The molecule has 0 saturated carbocycles. The molecule has 1 saturated heterocycles. The molecule has 24 heavy (non-hydrogen) atoms. The Morgan fingerprint density at radius 1 is 1.46 bits per heavy atom. The van der Waals surface area contributed by atoms with E-state index in [1.807, 2.05) is 19.1 Å². The number of piperidine rings is 1. The Hall–Kier alpha value is -1.75. The lowest BCUT2D eigenvalue weighted by Crippen LogP contribution is -2.45. The standard InChI is InChI=1S/C18H24ClNO4/c1-12-5-7-15(19)16(10-12)24-13(2)18(23)20-9-3-4-14(11-20)6-8-17(21)22/h5,7,10,13-14H,3-4,6,8-9,11H2,1-2H3,(H,21,22). The summed E-state index contributed by atoms with van der Waals surface area (Å²) in [4.78, 5) is 25.1. The van der Waals surface area contributed by atoms with Gasteiger partial charge in [0.1, 0.15) is 5.75 Å².